The Kier molecular flexibility index (Phi) is 6.20. The quantitative estimate of drug-likeness (QED) is 0.369. The Bertz CT molecular complexity index is 1610. The zero-order valence-electron chi connectivity index (χ0n) is 22.9. The van der Waals surface area contributed by atoms with Crippen molar-refractivity contribution < 1.29 is 22.7 Å². The van der Waals surface area contributed by atoms with Crippen LogP contribution in [0, 0.1) is 16.8 Å². The normalized spacial score (nSPS) is 20.6. The number of anilines is 4. The van der Waals surface area contributed by atoms with E-state index < -0.39 is 28.3 Å². The Labute approximate surface area is 238 Å². The Morgan fingerprint density at radius 3 is 2.37 bits per heavy atom. The lowest BCUT2D eigenvalue weighted by Crippen LogP contribution is -2.60. The van der Waals surface area contributed by atoms with Gasteiger partial charge in [-0.05, 0) is 68.2 Å². The van der Waals surface area contributed by atoms with Crippen molar-refractivity contribution in [3.8, 4) is 0 Å². The molecule has 2 saturated carbocycles. The molecule has 4 aliphatic rings. The summed E-state index contributed by atoms with van der Waals surface area (Å²) in [5.74, 6) is -1.27. The van der Waals surface area contributed by atoms with Crippen LogP contribution in [0.5, 0.6) is 0 Å². The second-order valence-corrected chi connectivity index (χ2v) is 14.3. The van der Waals surface area contributed by atoms with Crippen LogP contribution in [0.4, 0.5) is 27.1 Å². The number of rotatable bonds is 8. The minimum atomic E-state index is -3.73. The number of hydrogen-bond donors (Lipinski definition) is 3. The largest absolute Gasteiger partial charge is 0.395 e. The Balaban J connectivity index is 1.18. The molecule has 0 unspecified atom stereocenters. The number of aliphatic hydroxyl groups is 1. The Morgan fingerprint density at radius 1 is 0.976 bits per heavy atom. The molecule has 2 aliphatic heterocycles. The van der Waals surface area contributed by atoms with Crippen LogP contribution in [-0.4, -0.2) is 67.4 Å². The van der Waals surface area contributed by atoms with E-state index in [9.17, 15) is 17.6 Å². The number of nitrogens with zero attached hydrogens (tertiary/aromatic N) is 4. The number of sulfonamides is 1. The SMILES string of the molecule is O=C(Nc1cc(N2CC3(CCC3)C2)c2ncc(F)n2c1)c1ccc(NS(=O)(=O)CCO)cc1N1CCC2(CC1)CC2. The second kappa shape index (κ2) is 9.59. The Hall–Kier alpha value is -3.38. The van der Waals surface area contributed by atoms with E-state index >= 15 is 0 Å². The summed E-state index contributed by atoms with van der Waals surface area (Å²) in [4.78, 5) is 22.4. The molecule has 1 amide bonds. The van der Waals surface area contributed by atoms with Gasteiger partial charge in [-0.3, -0.25) is 13.9 Å². The lowest BCUT2D eigenvalue weighted by Gasteiger charge is -2.56. The lowest BCUT2D eigenvalue weighted by molar-refractivity contribution is 0.0905. The van der Waals surface area contributed by atoms with E-state index in [0.29, 0.717) is 39.1 Å². The van der Waals surface area contributed by atoms with Gasteiger partial charge < -0.3 is 20.2 Å². The molecule has 0 bridgehead atoms. The average Bonchev–Trinajstić information content (AvgIpc) is 3.53. The highest BCUT2D eigenvalue weighted by Gasteiger charge is 2.48. The molecule has 41 heavy (non-hydrogen) atoms. The molecule has 12 heteroatoms. The van der Waals surface area contributed by atoms with Gasteiger partial charge in [0.2, 0.25) is 16.0 Å². The number of imidazole rings is 1. The van der Waals surface area contributed by atoms with E-state index in [1.165, 1.54) is 42.7 Å². The van der Waals surface area contributed by atoms with Crippen LogP contribution in [-0.2, 0) is 10.0 Å². The van der Waals surface area contributed by atoms with Gasteiger partial charge in [-0.15, -0.1) is 0 Å². The highest BCUT2D eigenvalue weighted by Crippen LogP contribution is 2.54. The van der Waals surface area contributed by atoms with Crippen molar-refractivity contribution in [3.63, 3.8) is 0 Å². The molecule has 1 aromatic carbocycles. The van der Waals surface area contributed by atoms with E-state index in [4.69, 9.17) is 5.11 Å². The number of pyridine rings is 1. The third-order valence-electron chi connectivity index (χ3n) is 9.60. The van der Waals surface area contributed by atoms with Crippen molar-refractivity contribution in [2.75, 3.05) is 58.4 Å². The molecule has 2 spiro atoms. The highest BCUT2D eigenvalue weighted by molar-refractivity contribution is 7.92. The number of aliphatic hydroxyl groups excluding tert-OH is 1. The smallest absolute Gasteiger partial charge is 0.257 e. The lowest BCUT2D eigenvalue weighted by atomic mass is 9.63. The fourth-order valence-corrected chi connectivity index (χ4v) is 7.59. The number of fused-ring (bicyclic) bond motifs is 1. The number of amides is 1. The van der Waals surface area contributed by atoms with Gasteiger partial charge in [0, 0.05) is 37.8 Å². The maximum Gasteiger partial charge on any atom is 0.257 e. The molecule has 4 heterocycles. The molecular weight excluding hydrogens is 547 g/mol. The first-order valence-corrected chi connectivity index (χ1v) is 16.1. The van der Waals surface area contributed by atoms with Crippen LogP contribution < -0.4 is 19.8 Å². The molecule has 2 aliphatic carbocycles. The number of carbonyl (C=O) groups excluding carboxylic acids is 1. The number of benzene rings is 1. The van der Waals surface area contributed by atoms with Gasteiger partial charge in [0.15, 0.2) is 5.65 Å². The van der Waals surface area contributed by atoms with Crippen molar-refractivity contribution in [1.29, 1.82) is 0 Å². The maximum absolute atomic E-state index is 14.7. The molecule has 3 aromatic rings. The summed E-state index contributed by atoms with van der Waals surface area (Å²) < 4.78 is 43.2. The van der Waals surface area contributed by atoms with Gasteiger partial charge in [0.05, 0.1) is 46.9 Å². The third-order valence-corrected chi connectivity index (χ3v) is 10.9. The van der Waals surface area contributed by atoms with E-state index in [0.717, 1.165) is 44.7 Å². The molecule has 0 radical (unpaired) electrons. The summed E-state index contributed by atoms with van der Waals surface area (Å²) in [7, 11) is -3.73. The van der Waals surface area contributed by atoms with Crippen LogP contribution in [0.15, 0.2) is 36.7 Å². The number of hydrogen-bond acceptors (Lipinski definition) is 7. The molecule has 2 aromatic heterocycles. The molecular formula is C29H35FN6O4S. The molecule has 10 nitrogen and oxygen atoms in total. The summed E-state index contributed by atoms with van der Waals surface area (Å²) >= 11 is 0. The van der Waals surface area contributed by atoms with E-state index in [1.807, 2.05) is 6.07 Å². The van der Waals surface area contributed by atoms with Crippen LogP contribution in [0.2, 0.25) is 0 Å². The van der Waals surface area contributed by atoms with E-state index in [-0.39, 0.29) is 5.91 Å². The van der Waals surface area contributed by atoms with Crippen LogP contribution in [0.1, 0.15) is 55.3 Å². The van der Waals surface area contributed by atoms with Gasteiger partial charge in [0.1, 0.15) is 0 Å². The van der Waals surface area contributed by atoms with Crippen LogP contribution in [0.3, 0.4) is 0 Å². The van der Waals surface area contributed by atoms with Gasteiger partial charge in [-0.1, -0.05) is 6.42 Å². The minimum Gasteiger partial charge on any atom is -0.395 e. The first-order valence-electron chi connectivity index (χ1n) is 14.4. The van der Waals surface area contributed by atoms with E-state index in [1.54, 1.807) is 24.4 Å². The van der Waals surface area contributed by atoms with Gasteiger partial charge in [-0.2, -0.15) is 4.39 Å². The van der Waals surface area contributed by atoms with Crippen LogP contribution in [0.25, 0.3) is 5.65 Å². The molecule has 3 N–H and O–H groups in total. The van der Waals surface area contributed by atoms with Crippen molar-refractivity contribution >= 4 is 44.3 Å². The monoisotopic (exact) mass is 582 g/mol. The molecule has 2 saturated heterocycles. The zero-order valence-corrected chi connectivity index (χ0v) is 23.7. The number of nitrogens with one attached hydrogen (secondary N) is 2. The number of halogens is 1. The summed E-state index contributed by atoms with van der Waals surface area (Å²) in [6, 6.07) is 6.73. The number of carbonyl (C=O) groups is 1. The standard InChI is InChI=1S/C29H35FN6O4S/c30-25-16-31-26-24(35-18-29(19-35)4-1-5-29)15-21(17-36(25)26)32-27(38)22-3-2-20(33-41(39,40)13-12-37)14-23(22)34-10-8-28(6-7-28)9-11-34/h2-3,14-17,33,37H,1,4-13,18-19H2,(H,32,38). The zero-order chi connectivity index (χ0) is 28.4. The molecule has 4 fully saturated rings. The highest BCUT2D eigenvalue weighted by atomic mass is 32.2. The third kappa shape index (κ3) is 4.90. The fourth-order valence-electron chi connectivity index (χ4n) is 6.77. The van der Waals surface area contributed by atoms with E-state index in [2.05, 4.69) is 24.8 Å². The number of piperidine rings is 1. The summed E-state index contributed by atoms with van der Waals surface area (Å²) in [6.45, 7) is 2.88. The second-order valence-electron chi connectivity index (χ2n) is 12.4. The number of aromatic nitrogens is 2. The van der Waals surface area contributed by atoms with Crippen molar-refractivity contribution in [2.45, 2.75) is 44.9 Å². The predicted octanol–water partition coefficient (Wildman–Crippen LogP) is 3.83. The predicted molar refractivity (Wildman–Crippen MR) is 156 cm³/mol. The van der Waals surface area contributed by atoms with Gasteiger partial charge in [-0.25, -0.2) is 13.4 Å². The van der Waals surface area contributed by atoms with Crippen molar-refractivity contribution in [1.82, 2.24) is 9.38 Å². The van der Waals surface area contributed by atoms with Gasteiger partial charge in [0.25, 0.3) is 5.91 Å². The molecule has 218 valence electrons. The summed E-state index contributed by atoms with van der Waals surface area (Å²) in [5, 5.41) is 12.1. The van der Waals surface area contributed by atoms with Crippen molar-refractivity contribution in [2.24, 2.45) is 10.8 Å². The van der Waals surface area contributed by atoms with Crippen molar-refractivity contribution in [3.05, 3.63) is 48.2 Å². The maximum atomic E-state index is 14.7. The first kappa shape index (κ1) is 26.5. The molecule has 7 rings (SSSR count). The van der Waals surface area contributed by atoms with Gasteiger partial charge >= 0.3 is 0 Å². The topological polar surface area (TPSA) is 119 Å². The molecule has 0 atom stereocenters. The average molecular weight is 583 g/mol. The van der Waals surface area contributed by atoms with Crippen LogP contribution >= 0.6 is 0 Å². The summed E-state index contributed by atoms with van der Waals surface area (Å²) in [5.41, 5.74) is 3.96. The fraction of sp³-hybridized carbons (Fsp3) is 0.517. The summed E-state index contributed by atoms with van der Waals surface area (Å²) in [6.07, 6.45) is 11.0. The minimum absolute atomic E-state index is 0.337. The first-order chi connectivity index (χ1) is 19.7. The Morgan fingerprint density at radius 2 is 1.71 bits per heavy atom.